The molecule has 2 aliphatic rings. The second-order valence-electron chi connectivity index (χ2n) is 8.69. The van der Waals surface area contributed by atoms with Gasteiger partial charge < -0.3 is 9.47 Å². The zero-order chi connectivity index (χ0) is 23.9. The van der Waals surface area contributed by atoms with Crippen molar-refractivity contribution < 1.29 is 22.7 Å². The van der Waals surface area contributed by atoms with Crippen LogP contribution in [0.1, 0.15) is 53.5 Å². The molecule has 34 heavy (non-hydrogen) atoms. The Bertz CT molecular complexity index is 1350. The molecule has 1 N–H and O–H groups in total. The molecule has 2 aromatic heterocycles. The maximum atomic E-state index is 13.4. The standard InChI is InChI=1S/C24H26N4O5S/c1-3-18-16(14-28-13-5-12-25-28)6-8-19(26-18)23(29)27-34(30,31)22-20(32-2)9-7-17-21(22)33-15-24(17)10-4-11-24/h5-9,12-13H,3-4,10-11,14-15H2,1-2H3,(H,27,29). The molecule has 1 aromatic carbocycles. The van der Waals surface area contributed by atoms with Crippen LogP contribution >= 0.6 is 0 Å². The minimum absolute atomic E-state index is 0.0209. The molecule has 0 bridgehead atoms. The Morgan fingerprint density at radius 1 is 1.26 bits per heavy atom. The molecule has 9 nitrogen and oxygen atoms in total. The molecule has 0 atom stereocenters. The molecule has 3 aromatic rings. The summed E-state index contributed by atoms with van der Waals surface area (Å²) < 4.78 is 41.9. The zero-order valence-corrected chi connectivity index (χ0v) is 19.9. The van der Waals surface area contributed by atoms with Crippen molar-refractivity contribution in [3.8, 4) is 11.5 Å². The number of benzene rings is 1. The number of pyridine rings is 1. The summed E-state index contributed by atoms with van der Waals surface area (Å²) in [4.78, 5) is 17.3. The van der Waals surface area contributed by atoms with Crippen LogP contribution in [0.15, 0.2) is 47.6 Å². The fraction of sp³-hybridized carbons (Fsp3) is 0.375. The van der Waals surface area contributed by atoms with Gasteiger partial charge in [0.25, 0.3) is 15.9 Å². The van der Waals surface area contributed by atoms with Gasteiger partial charge in [0.2, 0.25) is 0 Å². The summed E-state index contributed by atoms with van der Waals surface area (Å²) in [5.41, 5.74) is 2.35. The van der Waals surface area contributed by atoms with Gasteiger partial charge in [-0.05, 0) is 43.0 Å². The van der Waals surface area contributed by atoms with Crippen molar-refractivity contribution in [2.75, 3.05) is 13.7 Å². The lowest BCUT2D eigenvalue weighted by atomic mass is 9.66. The Hall–Kier alpha value is -3.40. The first-order valence-electron chi connectivity index (χ1n) is 11.2. The molecule has 1 saturated carbocycles. The third-order valence-corrected chi connectivity index (χ3v) is 8.07. The summed E-state index contributed by atoms with van der Waals surface area (Å²) in [5.74, 6) is -0.403. The van der Waals surface area contributed by atoms with Crippen molar-refractivity contribution in [3.63, 3.8) is 0 Å². The van der Waals surface area contributed by atoms with Gasteiger partial charge in [-0.3, -0.25) is 9.48 Å². The van der Waals surface area contributed by atoms with Gasteiger partial charge in [0.15, 0.2) is 4.90 Å². The SMILES string of the molecule is CCc1nc(C(=O)NS(=O)(=O)c2c(OC)ccc3c2OCC32CCC2)ccc1Cn1cccn1. The number of nitrogens with zero attached hydrogens (tertiary/aromatic N) is 3. The van der Waals surface area contributed by atoms with E-state index in [0.29, 0.717) is 25.3 Å². The minimum Gasteiger partial charge on any atom is -0.495 e. The number of fused-ring (bicyclic) bond motifs is 2. The number of carbonyl (C=O) groups excluding carboxylic acids is 1. The van der Waals surface area contributed by atoms with Crippen molar-refractivity contribution in [1.29, 1.82) is 0 Å². The topological polar surface area (TPSA) is 112 Å². The predicted molar refractivity (Wildman–Crippen MR) is 124 cm³/mol. The molecule has 1 aliphatic heterocycles. The van der Waals surface area contributed by atoms with E-state index in [2.05, 4.69) is 14.8 Å². The highest BCUT2D eigenvalue weighted by Gasteiger charge is 2.48. The Labute approximate surface area is 198 Å². The molecule has 1 aliphatic carbocycles. The van der Waals surface area contributed by atoms with Crippen molar-refractivity contribution in [2.24, 2.45) is 0 Å². The molecule has 0 saturated heterocycles. The number of hydrogen-bond acceptors (Lipinski definition) is 7. The van der Waals surface area contributed by atoms with E-state index in [1.165, 1.54) is 13.2 Å². The molecular formula is C24H26N4O5S. The van der Waals surface area contributed by atoms with E-state index in [9.17, 15) is 13.2 Å². The molecule has 3 heterocycles. The number of methoxy groups -OCH3 is 1. The highest BCUT2D eigenvalue weighted by molar-refractivity contribution is 7.90. The van der Waals surface area contributed by atoms with Gasteiger partial charge in [-0.1, -0.05) is 25.5 Å². The van der Waals surface area contributed by atoms with E-state index in [0.717, 1.165) is 30.4 Å². The normalized spacial score (nSPS) is 15.9. The Balaban J connectivity index is 1.44. The van der Waals surface area contributed by atoms with Crippen molar-refractivity contribution in [3.05, 3.63) is 65.2 Å². The molecule has 1 fully saturated rings. The molecule has 178 valence electrons. The molecular weight excluding hydrogens is 456 g/mol. The number of carbonyl (C=O) groups is 1. The average molecular weight is 483 g/mol. The summed E-state index contributed by atoms with van der Waals surface area (Å²) >= 11 is 0. The first kappa shape index (κ1) is 22.4. The van der Waals surface area contributed by atoms with Crippen molar-refractivity contribution >= 4 is 15.9 Å². The van der Waals surface area contributed by atoms with E-state index < -0.39 is 15.9 Å². The number of rotatable bonds is 7. The second kappa shape index (κ2) is 8.43. The average Bonchev–Trinajstić information content (AvgIpc) is 3.45. The fourth-order valence-corrected chi connectivity index (χ4v) is 6.01. The monoisotopic (exact) mass is 482 g/mol. The Kier molecular flexibility index (Phi) is 5.55. The van der Waals surface area contributed by atoms with Gasteiger partial charge in [-0.2, -0.15) is 5.10 Å². The third-order valence-electron chi connectivity index (χ3n) is 6.69. The zero-order valence-electron chi connectivity index (χ0n) is 19.1. The van der Waals surface area contributed by atoms with Crippen LogP contribution in [0.25, 0.3) is 0 Å². The van der Waals surface area contributed by atoms with Crippen molar-refractivity contribution in [2.45, 2.75) is 49.5 Å². The van der Waals surface area contributed by atoms with Crippen LogP contribution < -0.4 is 14.2 Å². The summed E-state index contributed by atoms with van der Waals surface area (Å²) in [7, 11) is -2.89. The molecule has 1 amide bonds. The Morgan fingerprint density at radius 2 is 2.09 bits per heavy atom. The first-order valence-corrected chi connectivity index (χ1v) is 12.7. The minimum atomic E-state index is -4.28. The van der Waals surface area contributed by atoms with Crippen molar-refractivity contribution in [1.82, 2.24) is 19.5 Å². The van der Waals surface area contributed by atoms with Gasteiger partial charge in [0, 0.05) is 29.1 Å². The van der Waals surface area contributed by atoms with Crippen LogP contribution in [0.3, 0.4) is 0 Å². The van der Waals surface area contributed by atoms with E-state index in [1.807, 2.05) is 25.3 Å². The number of aryl methyl sites for hydroxylation is 1. The van der Waals surface area contributed by atoms with E-state index in [4.69, 9.17) is 9.47 Å². The Morgan fingerprint density at radius 3 is 2.74 bits per heavy atom. The quantitative estimate of drug-likeness (QED) is 0.551. The van der Waals surface area contributed by atoms with Gasteiger partial charge in [0.05, 0.1) is 20.3 Å². The van der Waals surface area contributed by atoms with Gasteiger partial charge in [-0.25, -0.2) is 18.1 Å². The van der Waals surface area contributed by atoms with E-state index in [1.54, 1.807) is 23.0 Å². The molecule has 10 heteroatoms. The van der Waals surface area contributed by atoms with E-state index in [-0.39, 0.29) is 27.5 Å². The molecule has 1 spiro atoms. The maximum absolute atomic E-state index is 13.4. The number of nitrogens with one attached hydrogen (secondary N) is 1. The van der Waals surface area contributed by atoms with Crippen LogP contribution in [0.2, 0.25) is 0 Å². The number of aromatic nitrogens is 3. The smallest absolute Gasteiger partial charge is 0.283 e. The van der Waals surface area contributed by atoms with Crippen LogP contribution in [0.4, 0.5) is 0 Å². The lowest BCUT2D eigenvalue weighted by Gasteiger charge is -2.36. The van der Waals surface area contributed by atoms with E-state index >= 15 is 0 Å². The maximum Gasteiger partial charge on any atom is 0.283 e. The predicted octanol–water partition coefficient (Wildman–Crippen LogP) is 2.83. The summed E-state index contributed by atoms with van der Waals surface area (Å²) in [6.45, 7) is 2.88. The fourth-order valence-electron chi connectivity index (χ4n) is 4.73. The summed E-state index contributed by atoms with van der Waals surface area (Å²) in [5, 5.41) is 4.20. The largest absolute Gasteiger partial charge is 0.495 e. The van der Waals surface area contributed by atoms with Gasteiger partial charge >= 0.3 is 0 Å². The molecule has 5 rings (SSSR count). The van der Waals surface area contributed by atoms with Gasteiger partial charge in [-0.15, -0.1) is 0 Å². The van der Waals surface area contributed by atoms with Crippen LogP contribution in [0.5, 0.6) is 11.5 Å². The van der Waals surface area contributed by atoms with Crippen LogP contribution in [-0.4, -0.2) is 42.8 Å². The number of hydrogen-bond donors (Lipinski definition) is 1. The van der Waals surface area contributed by atoms with Crippen LogP contribution in [0, 0.1) is 0 Å². The third kappa shape index (κ3) is 3.71. The highest BCUT2D eigenvalue weighted by Crippen LogP contribution is 2.54. The summed E-state index contributed by atoms with van der Waals surface area (Å²) in [6.07, 6.45) is 7.10. The molecule has 0 radical (unpaired) electrons. The van der Waals surface area contributed by atoms with Crippen LogP contribution in [-0.2, 0) is 28.4 Å². The second-order valence-corrected chi connectivity index (χ2v) is 10.3. The number of ether oxygens (including phenoxy) is 2. The lowest BCUT2D eigenvalue weighted by Crippen LogP contribution is -2.35. The highest BCUT2D eigenvalue weighted by atomic mass is 32.2. The summed E-state index contributed by atoms with van der Waals surface area (Å²) in [6, 6.07) is 8.63. The number of sulfonamides is 1. The number of amides is 1. The first-order chi connectivity index (χ1) is 16.4. The molecule has 0 unspecified atom stereocenters. The lowest BCUT2D eigenvalue weighted by molar-refractivity contribution is 0.0976. The van der Waals surface area contributed by atoms with Gasteiger partial charge in [0.1, 0.15) is 17.2 Å².